The molecule has 0 heterocycles. The highest BCUT2D eigenvalue weighted by Crippen LogP contribution is 2.24. The molecule has 0 saturated heterocycles. The van der Waals surface area contributed by atoms with Crippen molar-refractivity contribution in [1.29, 1.82) is 0 Å². The molecule has 1 unspecified atom stereocenters. The molecule has 0 aromatic carbocycles. The van der Waals surface area contributed by atoms with Crippen molar-refractivity contribution in [2.75, 3.05) is 0 Å². The van der Waals surface area contributed by atoms with Crippen LogP contribution in [0, 0.1) is 5.92 Å². The average Bonchev–Trinajstić information content (AvgIpc) is 1.97. The minimum atomic E-state index is -3.38. The predicted molar refractivity (Wildman–Crippen MR) is 51.2 cm³/mol. The lowest BCUT2D eigenvalue weighted by Gasteiger charge is -2.31. The number of hydrogen-bond acceptors (Lipinski definition) is 7. The molecule has 16 heavy (non-hydrogen) atoms. The van der Waals surface area contributed by atoms with Gasteiger partial charge in [0.1, 0.15) is 5.92 Å². The van der Waals surface area contributed by atoms with E-state index in [4.69, 9.17) is 15.3 Å². The van der Waals surface area contributed by atoms with Gasteiger partial charge in [0.05, 0.1) is 0 Å². The SMILES string of the molecule is CC(C)=CC(=O)OC(O)(O)C(C)C(O)(O)O. The van der Waals surface area contributed by atoms with Crippen LogP contribution in [0.25, 0.3) is 0 Å². The molecule has 0 radical (unpaired) electrons. The Morgan fingerprint density at radius 1 is 1.19 bits per heavy atom. The van der Waals surface area contributed by atoms with E-state index in [2.05, 4.69) is 4.74 Å². The average molecular weight is 236 g/mol. The summed E-state index contributed by atoms with van der Waals surface area (Å²) in [6.07, 6.45) is 0.974. The number of ether oxygens (including phenoxy) is 1. The maximum Gasteiger partial charge on any atom is 0.335 e. The van der Waals surface area contributed by atoms with Crippen LogP contribution in [0.1, 0.15) is 20.8 Å². The Balaban J connectivity index is 4.70. The van der Waals surface area contributed by atoms with Gasteiger partial charge in [-0.15, -0.1) is 0 Å². The zero-order valence-electron chi connectivity index (χ0n) is 9.21. The molecule has 0 aromatic rings. The summed E-state index contributed by atoms with van der Waals surface area (Å²) in [6, 6.07) is 0. The van der Waals surface area contributed by atoms with Gasteiger partial charge in [-0.1, -0.05) is 5.57 Å². The van der Waals surface area contributed by atoms with E-state index in [-0.39, 0.29) is 0 Å². The van der Waals surface area contributed by atoms with Crippen LogP contribution in [0.4, 0.5) is 0 Å². The molecule has 0 fully saturated rings. The molecule has 0 aliphatic heterocycles. The van der Waals surface area contributed by atoms with E-state index in [0.717, 1.165) is 13.0 Å². The van der Waals surface area contributed by atoms with Gasteiger partial charge in [0.25, 0.3) is 5.97 Å². The summed E-state index contributed by atoms with van der Waals surface area (Å²) in [5.41, 5.74) is 0.553. The standard InChI is InChI=1S/C9H16O7/c1-5(2)4-7(10)16-9(14,15)6(3)8(11,12)13/h4,6,11-15H,1-3H3. The van der Waals surface area contributed by atoms with Gasteiger partial charge in [-0.05, 0) is 20.8 Å². The summed E-state index contributed by atoms with van der Waals surface area (Å²) in [5, 5.41) is 44.5. The first-order chi connectivity index (χ1) is 6.97. The highest BCUT2D eigenvalue weighted by atomic mass is 16.8. The van der Waals surface area contributed by atoms with Crippen LogP contribution in [0.15, 0.2) is 11.6 Å². The first kappa shape index (κ1) is 15.0. The summed E-state index contributed by atoms with van der Waals surface area (Å²) >= 11 is 0. The van der Waals surface area contributed by atoms with Crippen LogP contribution in [-0.4, -0.2) is 43.4 Å². The zero-order valence-corrected chi connectivity index (χ0v) is 9.21. The molecule has 0 rings (SSSR count). The van der Waals surface area contributed by atoms with Crippen molar-refractivity contribution in [3.05, 3.63) is 11.6 Å². The molecule has 5 N–H and O–H groups in total. The molecule has 0 saturated carbocycles. The van der Waals surface area contributed by atoms with E-state index in [1.54, 1.807) is 13.8 Å². The molecule has 7 heteroatoms. The van der Waals surface area contributed by atoms with Gasteiger partial charge < -0.3 is 30.3 Å². The number of carbonyl (C=O) groups is 1. The second-order valence-corrected chi connectivity index (χ2v) is 3.71. The van der Waals surface area contributed by atoms with E-state index in [1.807, 2.05) is 0 Å². The zero-order chi connectivity index (χ0) is 13.1. The summed E-state index contributed by atoms with van der Waals surface area (Å²) in [6.45, 7) is 4.03. The third-order valence-corrected chi connectivity index (χ3v) is 1.80. The topological polar surface area (TPSA) is 127 Å². The molecule has 0 aliphatic rings. The molecular formula is C9H16O7. The minimum Gasteiger partial charge on any atom is -0.404 e. The minimum absolute atomic E-state index is 0.553. The second-order valence-electron chi connectivity index (χ2n) is 3.71. The smallest absolute Gasteiger partial charge is 0.335 e. The fourth-order valence-electron chi connectivity index (χ4n) is 0.754. The predicted octanol–water partition coefficient (Wildman–Crippen LogP) is -1.60. The van der Waals surface area contributed by atoms with Gasteiger partial charge in [-0.25, -0.2) is 4.79 Å². The summed E-state index contributed by atoms with van der Waals surface area (Å²) < 4.78 is 4.15. The number of allylic oxidation sites excluding steroid dienone is 1. The van der Waals surface area contributed by atoms with Gasteiger partial charge in [-0.2, -0.15) is 0 Å². The van der Waals surface area contributed by atoms with Gasteiger partial charge in [-0.3, -0.25) is 0 Å². The van der Waals surface area contributed by atoms with E-state index in [1.165, 1.54) is 0 Å². The molecule has 94 valence electrons. The number of aliphatic hydroxyl groups is 5. The second kappa shape index (κ2) is 4.89. The molecule has 0 aliphatic carbocycles. The van der Waals surface area contributed by atoms with Crippen LogP contribution in [0.5, 0.6) is 0 Å². The summed E-state index contributed by atoms with van der Waals surface area (Å²) in [7, 11) is 0. The Morgan fingerprint density at radius 2 is 1.62 bits per heavy atom. The van der Waals surface area contributed by atoms with E-state index in [9.17, 15) is 15.0 Å². The van der Waals surface area contributed by atoms with E-state index < -0.39 is 23.8 Å². The Kier molecular flexibility index (Phi) is 4.59. The van der Waals surface area contributed by atoms with Crippen molar-refractivity contribution in [2.45, 2.75) is 32.7 Å². The van der Waals surface area contributed by atoms with Crippen molar-refractivity contribution < 1.29 is 35.1 Å². The van der Waals surface area contributed by atoms with Crippen LogP contribution in [0.3, 0.4) is 0 Å². The number of esters is 1. The highest BCUT2D eigenvalue weighted by molar-refractivity contribution is 5.82. The first-order valence-electron chi connectivity index (χ1n) is 4.46. The molecule has 1 atom stereocenters. The Hall–Kier alpha value is -0.990. The number of carbonyl (C=O) groups excluding carboxylic acids is 1. The molecule has 0 aromatic heterocycles. The lowest BCUT2D eigenvalue weighted by molar-refractivity contribution is -0.434. The fourth-order valence-corrected chi connectivity index (χ4v) is 0.754. The van der Waals surface area contributed by atoms with Crippen molar-refractivity contribution in [1.82, 2.24) is 0 Å². The third kappa shape index (κ3) is 4.69. The lowest BCUT2D eigenvalue weighted by Crippen LogP contribution is -2.52. The maximum absolute atomic E-state index is 11.0. The largest absolute Gasteiger partial charge is 0.404 e. The number of rotatable bonds is 4. The van der Waals surface area contributed by atoms with Crippen LogP contribution >= 0.6 is 0 Å². The Morgan fingerprint density at radius 3 is 1.94 bits per heavy atom. The van der Waals surface area contributed by atoms with Crippen molar-refractivity contribution in [3.8, 4) is 0 Å². The van der Waals surface area contributed by atoms with Gasteiger partial charge in [0.2, 0.25) is 0 Å². The Bertz CT molecular complexity index is 283. The van der Waals surface area contributed by atoms with E-state index in [0.29, 0.717) is 5.57 Å². The van der Waals surface area contributed by atoms with Crippen LogP contribution < -0.4 is 0 Å². The van der Waals surface area contributed by atoms with Gasteiger partial charge in [0, 0.05) is 6.08 Å². The molecule has 0 amide bonds. The van der Waals surface area contributed by atoms with Gasteiger partial charge >= 0.3 is 11.9 Å². The molecule has 0 bridgehead atoms. The highest BCUT2D eigenvalue weighted by Gasteiger charge is 2.47. The monoisotopic (exact) mass is 236 g/mol. The van der Waals surface area contributed by atoms with Crippen molar-refractivity contribution >= 4 is 5.97 Å². The maximum atomic E-state index is 11.0. The van der Waals surface area contributed by atoms with Crippen LogP contribution in [-0.2, 0) is 9.53 Å². The lowest BCUT2D eigenvalue weighted by atomic mass is 10.1. The Labute approximate surface area is 92.2 Å². The number of hydrogen-bond donors (Lipinski definition) is 5. The van der Waals surface area contributed by atoms with Crippen molar-refractivity contribution in [2.24, 2.45) is 5.92 Å². The van der Waals surface area contributed by atoms with Crippen molar-refractivity contribution in [3.63, 3.8) is 0 Å². The molecule has 7 nitrogen and oxygen atoms in total. The van der Waals surface area contributed by atoms with Gasteiger partial charge in [0.15, 0.2) is 0 Å². The normalized spacial score (nSPS) is 14.2. The summed E-state index contributed by atoms with van der Waals surface area (Å²) in [4.78, 5) is 11.0. The summed E-state index contributed by atoms with van der Waals surface area (Å²) in [5.74, 6) is -9.59. The van der Waals surface area contributed by atoms with E-state index >= 15 is 0 Å². The fraction of sp³-hybridized carbons (Fsp3) is 0.667. The molecule has 0 spiro atoms. The molecular weight excluding hydrogens is 220 g/mol. The first-order valence-corrected chi connectivity index (χ1v) is 4.46. The van der Waals surface area contributed by atoms with Crippen LogP contribution in [0.2, 0.25) is 0 Å². The third-order valence-electron chi connectivity index (χ3n) is 1.80. The quantitative estimate of drug-likeness (QED) is 0.226.